The molecule has 2 unspecified atom stereocenters. The second kappa shape index (κ2) is 20.1. The van der Waals surface area contributed by atoms with E-state index in [1.807, 2.05) is 30.3 Å². The standard InChI is InChI=1S/C38H48O11/c1-7-9-20-44-31-18-16-29(22-33(31)42-5)36(39)48-27(3)35(24-38(4,41)26-47-46-25-28-14-12-11-13-15-28)49-37(40)30-17-19-32(34(23-30)43-6)45-21-10-8-2/h11-19,22-23,35,41H,3,7-10,20-21,24-26H2,1-2,4-6H3. The predicted molar refractivity (Wildman–Crippen MR) is 183 cm³/mol. The molecule has 0 aliphatic heterocycles. The number of benzene rings is 3. The van der Waals surface area contributed by atoms with Gasteiger partial charge >= 0.3 is 11.9 Å². The Morgan fingerprint density at radius 2 is 1.33 bits per heavy atom. The first-order chi connectivity index (χ1) is 23.6. The van der Waals surface area contributed by atoms with Gasteiger partial charge in [-0.05, 0) is 61.7 Å². The maximum Gasteiger partial charge on any atom is 0.343 e. The Bertz CT molecular complexity index is 1490. The molecule has 0 spiro atoms. The lowest BCUT2D eigenvalue weighted by molar-refractivity contribution is -0.324. The zero-order valence-corrected chi connectivity index (χ0v) is 29.0. The third-order valence-electron chi connectivity index (χ3n) is 7.29. The van der Waals surface area contributed by atoms with Crippen LogP contribution in [0.1, 0.15) is 79.2 Å². The number of unbranched alkanes of at least 4 members (excludes halogenated alkanes) is 2. The highest BCUT2D eigenvalue weighted by Crippen LogP contribution is 2.31. The second-order valence-corrected chi connectivity index (χ2v) is 11.6. The van der Waals surface area contributed by atoms with Crippen molar-refractivity contribution < 1.29 is 52.9 Å². The van der Waals surface area contributed by atoms with Crippen molar-refractivity contribution in [2.45, 2.75) is 71.2 Å². The van der Waals surface area contributed by atoms with Gasteiger partial charge in [0, 0.05) is 6.42 Å². The molecule has 0 bridgehead atoms. The minimum Gasteiger partial charge on any atom is -0.493 e. The van der Waals surface area contributed by atoms with Crippen molar-refractivity contribution >= 4 is 11.9 Å². The van der Waals surface area contributed by atoms with Gasteiger partial charge in [-0.1, -0.05) is 63.6 Å². The first kappa shape index (κ1) is 38.9. The van der Waals surface area contributed by atoms with E-state index < -0.39 is 23.6 Å². The van der Waals surface area contributed by atoms with Crippen LogP contribution in [0, 0.1) is 0 Å². The first-order valence-corrected chi connectivity index (χ1v) is 16.3. The van der Waals surface area contributed by atoms with Crippen molar-refractivity contribution in [2.75, 3.05) is 34.0 Å². The molecule has 3 aromatic rings. The summed E-state index contributed by atoms with van der Waals surface area (Å²) in [5.74, 6) is -0.0894. The van der Waals surface area contributed by atoms with Crippen molar-refractivity contribution in [1.82, 2.24) is 0 Å². The molecule has 0 radical (unpaired) electrons. The maximum atomic E-state index is 13.4. The lowest BCUT2D eigenvalue weighted by atomic mass is 9.98. The third-order valence-corrected chi connectivity index (χ3v) is 7.29. The smallest absolute Gasteiger partial charge is 0.343 e. The summed E-state index contributed by atoms with van der Waals surface area (Å²) in [6, 6.07) is 18.7. The van der Waals surface area contributed by atoms with Crippen molar-refractivity contribution in [2.24, 2.45) is 0 Å². The number of ether oxygens (including phenoxy) is 6. The Kier molecular flexibility index (Phi) is 15.9. The minimum absolute atomic E-state index is 0.148. The van der Waals surface area contributed by atoms with Gasteiger partial charge < -0.3 is 33.5 Å². The molecule has 0 aliphatic carbocycles. The summed E-state index contributed by atoms with van der Waals surface area (Å²) in [4.78, 5) is 37.2. The fourth-order valence-corrected chi connectivity index (χ4v) is 4.45. The van der Waals surface area contributed by atoms with Gasteiger partial charge in [0.05, 0.1) is 44.2 Å². The summed E-state index contributed by atoms with van der Waals surface area (Å²) in [6.07, 6.45) is 2.12. The summed E-state index contributed by atoms with van der Waals surface area (Å²) in [7, 11) is 2.94. The van der Waals surface area contributed by atoms with Gasteiger partial charge in [0.2, 0.25) is 0 Å². The molecule has 0 amide bonds. The second-order valence-electron chi connectivity index (χ2n) is 11.6. The molecule has 0 aliphatic rings. The van der Waals surface area contributed by atoms with Crippen molar-refractivity contribution in [3.05, 3.63) is 95.8 Å². The SMILES string of the molecule is C=C(OC(=O)c1ccc(OCCCC)c(OC)c1)C(CC(C)(O)COOCc1ccccc1)OC(=O)c1ccc(OCCCC)c(OC)c1. The molecule has 0 aromatic heterocycles. The number of hydrogen-bond donors (Lipinski definition) is 1. The van der Waals surface area contributed by atoms with E-state index in [-0.39, 0.29) is 36.5 Å². The molecular formula is C38H48O11. The summed E-state index contributed by atoms with van der Waals surface area (Å²) in [6.45, 7) is 10.3. The Balaban J connectivity index is 1.76. The average Bonchev–Trinajstić information content (AvgIpc) is 3.10. The highest BCUT2D eigenvalue weighted by molar-refractivity contribution is 5.92. The molecule has 49 heavy (non-hydrogen) atoms. The monoisotopic (exact) mass is 680 g/mol. The van der Waals surface area contributed by atoms with E-state index in [9.17, 15) is 14.7 Å². The van der Waals surface area contributed by atoms with Gasteiger partial charge in [-0.2, -0.15) is 0 Å². The fourth-order valence-electron chi connectivity index (χ4n) is 4.45. The van der Waals surface area contributed by atoms with E-state index in [1.54, 1.807) is 12.1 Å². The topological polar surface area (TPSA) is 128 Å². The van der Waals surface area contributed by atoms with Gasteiger partial charge in [0.15, 0.2) is 29.1 Å². The zero-order valence-electron chi connectivity index (χ0n) is 29.0. The number of carbonyl (C=O) groups excluding carboxylic acids is 2. The van der Waals surface area contributed by atoms with Crippen LogP contribution in [0.5, 0.6) is 23.0 Å². The molecule has 0 saturated carbocycles. The van der Waals surface area contributed by atoms with Crippen LogP contribution in [0.2, 0.25) is 0 Å². The number of rotatable bonds is 22. The fraction of sp³-hybridized carbons (Fsp3) is 0.421. The van der Waals surface area contributed by atoms with E-state index in [1.165, 1.54) is 45.4 Å². The Labute approximate surface area is 288 Å². The van der Waals surface area contributed by atoms with Crippen molar-refractivity contribution in [1.29, 1.82) is 0 Å². The lowest BCUT2D eigenvalue weighted by Gasteiger charge is -2.28. The molecule has 1 N–H and O–H groups in total. The lowest BCUT2D eigenvalue weighted by Crippen LogP contribution is -2.38. The molecule has 0 fully saturated rings. The molecule has 11 heteroatoms. The minimum atomic E-state index is -1.60. The van der Waals surface area contributed by atoms with Gasteiger partial charge in [0.25, 0.3) is 0 Å². The summed E-state index contributed by atoms with van der Waals surface area (Å²) in [5, 5.41) is 11.2. The van der Waals surface area contributed by atoms with Crippen molar-refractivity contribution in [3.63, 3.8) is 0 Å². The Hall–Kier alpha value is -4.58. The van der Waals surface area contributed by atoms with E-state index in [2.05, 4.69) is 20.4 Å². The van der Waals surface area contributed by atoms with Crippen molar-refractivity contribution in [3.8, 4) is 23.0 Å². The van der Waals surface area contributed by atoms with Gasteiger partial charge in [0.1, 0.15) is 19.0 Å². The maximum absolute atomic E-state index is 13.4. The molecular weight excluding hydrogens is 632 g/mol. The Morgan fingerprint density at radius 1 is 0.776 bits per heavy atom. The highest BCUT2D eigenvalue weighted by Gasteiger charge is 2.33. The van der Waals surface area contributed by atoms with Gasteiger partial charge in [-0.25, -0.2) is 19.4 Å². The quantitative estimate of drug-likeness (QED) is 0.0379. The summed E-state index contributed by atoms with van der Waals surface area (Å²) < 4.78 is 33.8. The molecule has 11 nitrogen and oxygen atoms in total. The average molecular weight is 681 g/mol. The highest BCUT2D eigenvalue weighted by atomic mass is 17.2. The predicted octanol–water partition coefficient (Wildman–Crippen LogP) is 7.25. The normalized spacial score (nSPS) is 12.7. The summed E-state index contributed by atoms with van der Waals surface area (Å²) >= 11 is 0. The van der Waals surface area contributed by atoms with E-state index in [4.69, 9.17) is 38.2 Å². The molecule has 3 aromatic carbocycles. The number of methoxy groups -OCH3 is 2. The van der Waals surface area contributed by atoms with Crippen LogP contribution in [-0.4, -0.2) is 62.8 Å². The summed E-state index contributed by atoms with van der Waals surface area (Å²) in [5.41, 5.74) is -0.427. The number of carbonyl (C=O) groups is 2. The van der Waals surface area contributed by atoms with Crippen LogP contribution in [0.4, 0.5) is 0 Å². The largest absolute Gasteiger partial charge is 0.493 e. The molecule has 266 valence electrons. The van der Waals surface area contributed by atoms with E-state index in [0.717, 1.165) is 31.2 Å². The third kappa shape index (κ3) is 12.8. The zero-order chi connectivity index (χ0) is 35.6. The number of hydrogen-bond acceptors (Lipinski definition) is 11. The van der Waals surface area contributed by atoms with Crippen LogP contribution in [0.25, 0.3) is 0 Å². The number of esters is 2. The molecule has 3 rings (SSSR count). The van der Waals surface area contributed by atoms with Gasteiger partial charge in [-0.15, -0.1) is 0 Å². The first-order valence-electron chi connectivity index (χ1n) is 16.3. The van der Waals surface area contributed by atoms with Crippen LogP contribution < -0.4 is 18.9 Å². The van der Waals surface area contributed by atoms with E-state index >= 15 is 0 Å². The van der Waals surface area contributed by atoms with E-state index in [0.29, 0.717) is 36.2 Å². The Morgan fingerprint density at radius 3 is 1.86 bits per heavy atom. The van der Waals surface area contributed by atoms with Crippen LogP contribution in [0.15, 0.2) is 79.1 Å². The number of aliphatic hydroxyl groups is 1. The van der Waals surface area contributed by atoms with Gasteiger partial charge in [-0.3, -0.25) is 0 Å². The molecule has 0 heterocycles. The van der Waals surface area contributed by atoms with Crippen LogP contribution in [-0.2, 0) is 25.9 Å². The molecule has 0 saturated heterocycles. The van der Waals surface area contributed by atoms with Crippen LogP contribution >= 0.6 is 0 Å². The molecule has 2 atom stereocenters. The van der Waals surface area contributed by atoms with Crippen LogP contribution in [0.3, 0.4) is 0 Å².